The van der Waals surface area contributed by atoms with E-state index in [1.54, 1.807) is 0 Å². The summed E-state index contributed by atoms with van der Waals surface area (Å²) in [6.07, 6.45) is -0.138. The Morgan fingerprint density at radius 1 is 1.00 bits per heavy atom. The summed E-state index contributed by atoms with van der Waals surface area (Å²) in [6, 6.07) is 8.69. The van der Waals surface area contributed by atoms with Crippen LogP contribution in [-0.4, -0.2) is 21.3 Å². The zero-order valence-corrected chi connectivity index (χ0v) is 10.6. The third-order valence-electron chi connectivity index (χ3n) is 2.67. The molecule has 0 bridgehead atoms. The van der Waals surface area contributed by atoms with Crippen LogP contribution in [-0.2, 0) is 9.47 Å². The Labute approximate surface area is 92.2 Å². The fourth-order valence-electron chi connectivity index (χ4n) is 1.69. The minimum absolute atomic E-state index is 0.138. The lowest BCUT2D eigenvalue weighted by molar-refractivity contribution is -0.0441. The van der Waals surface area contributed by atoms with Gasteiger partial charge >= 0.3 is 0 Å². The molecule has 2 nitrogen and oxygen atoms in total. The first kappa shape index (κ1) is 10.9. The van der Waals surface area contributed by atoms with Gasteiger partial charge in [-0.15, -0.1) is 0 Å². The maximum Gasteiger partial charge on any atom is 0.184 e. The molecule has 82 valence electrons. The van der Waals surface area contributed by atoms with Gasteiger partial charge in [0.15, 0.2) is 6.29 Å². The van der Waals surface area contributed by atoms with E-state index in [1.165, 1.54) is 5.19 Å². The Morgan fingerprint density at radius 2 is 1.53 bits per heavy atom. The van der Waals surface area contributed by atoms with Crippen LogP contribution < -0.4 is 5.19 Å². The third kappa shape index (κ3) is 2.48. The molecule has 0 spiro atoms. The predicted molar refractivity (Wildman–Crippen MR) is 64.1 cm³/mol. The Hall–Kier alpha value is -0.643. The topological polar surface area (TPSA) is 18.5 Å². The van der Waals surface area contributed by atoms with Crippen molar-refractivity contribution in [3.05, 3.63) is 29.8 Å². The molecule has 0 saturated carbocycles. The second kappa shape index (κ2) is 4.08. The van der Waals surface area contributed by atoms with Gasteiger partial charge in [0.05, 0.1) is 21.3 Å². The largest absolute Gasteiger partial charge is 0.346 e. The number of hydrogen-bond acceptors (Lipinski definition) is 2. The van der Waals surface area contributed by atoms with E-state index in [2.05, 4.69) is 43.9 Å². The highest BCUT2D eigenvalue weighted by Gasteiger charge is 2.20. The molecule has 1 aromatic carbocycles. The van der Waals surface area contributed by atoms with Gasteiger partial charge in [0.1, 0.15) is 0 Å². The van der Waals surface area contributed by atoms with Crippen LogP contribution in [0.1, 0.15) is 11.9 Å². The maximum atomic E-state index is 5.45. The van der Waals surface area contributed by atoms with Gasteiger partial charge in [-0.3, -0.25) is 0 Å². The fourth-order valence-corrected chi connectivity index (χ4v) is 2.86. The molecular formula is C12H18O2Si. The third-order valence-corrected chi connectivity index (χ3v) is 4.74. The lowest BCUT2D eigenvalue weighted by Gasteiger charge is -2.17. The van der Waals surface area contributed by atoms with E-state index in [0.29, 0.717) is 13.2 Å². The number of benzene rings is 1. The maximum absolute atomic E-state index is 5.45. The van der Waals surface area contributed by atoms with Crippen molar-refractivity contribution in [2.75, 3.05) is 13.2 Å². The minimum Gasteiger partial charge on any atom is -0.346 e. The fraction of sp³-hybridized carbons (Fsp3) is 0.500. The molecule has 0 atom stereocenters. The number of hydrogen-bond donors (Lipinski definition) is 0. The highest BCUT2D eigenvalue weighted by atomic mass is 28.3. The van der Waals surface area contributed by atoms with Gasteiger partial charge in [0.25, 0.3) is 0 Å². The van der Waals surface area contributed by atoms with E-state index in [9.17, 15) is 0 Å². The van der Waals surface area contributed by atoms with Crippen LogP contribution in [0.15, 0.2) is 24.3 Å². The van der Waals surface area contributed by atoms with Crippen LogP contribution in [0.5, 0.6) is 0 Å². The Kier molecular flexibility index (Phi) is 2.95. The molecule has 0 radical (unpaired) electrons. The van der Waals surface area contributed by atoms with Crippen LogP contribution in [0.3, 0.4) is 0 Å². The van der Waals surface area contributed by atoms with Crippen molar-refractivity contribution >= 4 is 13.3 Å². The van der Waals surface area contributed by atoms with E-state index in [4.69, 9.17) is 9.47 Å². The summed E-state index contributed by atoms with van der Waals surface area (Å²) in [5, 5.41) is 1.48. The summed E-state index contributed by atoms with van der Waals surface area (Å²) in [5.41, 5.74) is 1.13. The van der Waals surface area contributed by atoms with E-state index in [-0.39, 0.29) is 6.29 Å². The van der Waals surface area contributed by atoms with Gasteiger partial charge in [0.2, 0.25) is 0 Å². The van der Waals surface area contributed by atoms with Crippen molar-refractivity contribution in [1.29, 1.82) is 0 Å². The average Bonchev–Trinajstić information content (AvgIpc) is 2.69. The van der Waals surface area contributed by atoms with E-state index in [1.807, 2.05) is 0 Å². The van der Waals surface area contributed by atoms with Crippen molar-refractivity contribution in [2.45, 2.75) is 25.9 Å². The lowest BCUT2D eigenvalue weighted by atomic mass is 10.2. The molecule has 1 aliphatic heterocycles. The Bertz CT molecular complexity index is 320. The monoisotopic (exact) mass is 222 g/mol. The number of ether oxygens (including phenoxy) is 2. The average molecular weight is 222 g/mol. The molecular weight excluding hydrogens is 204 g/mol. The summed E-state index contributed by atoms with van der Waals surface area (Å²) in [4.78, 5) is 0. The first-order valence-electron chi connectivity index (χ1n) is 5.41. The smallest absolute Gasteiger partial charge is 0.184 e. The van der Waals surface area contributed by atoms with Gasteiger partial charge in [-0.1, -0.05) is 49.1 Å². The summed E-state index contributed by atoms with van der Waals surface area (Å²) in [6.45, 7) is 8.47. The minimum atomic E-state index is -1.18. The Balaban J connectivity index is 2.16. The van der Waals surface area contributed by atoms with Crippen LogP contribution in [0.25, 0.3) is 0 Å². The van der Waals surface area contributed by atoms with E-state index < -0.39 is 8.07 Å². The molecule has 2 rings (SSSR count). The molecule has 0 aromatic heterocycles. The predicted octanol–water partition coefficient (Wildman–Crippen LogP) is 2.28. The lowest BCUT2D eigenvalue weighted by Crippen LogP contribution is -2.37. The van der Waals surface area contributed by atoms with Crippen molar-refractivity contribution in [3.63, 3.8) is 0 Å². The van der Waals surface area contributed by atoms with Crippen LogP contribution in [0.2, 0.25) is 19.6 Å². The van der Waals surface area contributed by atoms with Crippen LogP contribution >= 0.6 is 0 Å². The molecule has 1 saturated heterocycles. The zero-order valence-electron chi connectivity index (χ0n) is 9.62. The summed E-state index contributed by atoms with van der Waals surface area (Å²) in [5.74, 6) is 0. The molecule has 0 aliphatic carbocycles. The molecule has 1 aromatic rings. The molecule has 1 heterocycles. The highest BCUT2D eigenvalue weighted by Crippen LogP contribution is 2.22. The summed E-state index contributed by atoms with van der Waals surface area (Å²) < 4.78 is 10.9. The SMILES string of the molecule is C[Si](C)(C)c1ccc(C2OCCO2)cc1. The van der Waals surface area contributed by atoms with E-state index >= 15 is 0 Å². The first-order valence-corrected chi connectivity index (χ1v) is 8.91. The van der Waals surface area contributed by atoms with Gasteiger partial charge in [-0.25, -0.2) is 0 Å². The quantitative estimate of drug-likeness (QED) is 0.715. The van der Waals surface area contributed by atoms with Crippen molar-refractivity contribution in [3.8, 4) is 0 Å². The second-order valence-corrected chi connectivity index (χ2v) is 10.0. The van der Waals surface area contributed by atoms with Gasteiger partial charge in [-0.05, 0) is 0 Å². The van der Waals surface area contributed by atoms with Gasteiger partial charge in [-0.2, -0.15) is 0 Å². The zero-order chi connectivity index (χ0) is 10.9. The van der Waals surface area contributed by atoms with Gasteiger partial charge in [0, 0.05) is 5.56 Å². The molecule has 0 amide bonds. The summed E-state index contributed by atoms with van der Waals surface area (Å²) >= 11 is 0. The normalized spacial score (nSPS) is 18.3. The first-order chi connectivity index (χ1) is 7.07. The molecule has 15 heavy (non-hydrogen) atoms. The van der Waals surface area contributed by atoms with E-state index in [0.717, 1.165) is 5.56 Å². The second-order valence-electron chi connectivity index (χ2n) is 4.95. The standard InChI is InChI=1S/C12H18O2Si/c1-15(2,3)11-6-4-10(5-7-11)12-13-8-9-14-12/h4-7,12H,8-9H2,1-3H3. The molecule has 0 N–H and O–H groups in total. The van der Waals surface area contributed by atoms with Crippen molar-refractivity contribution < 1.29 is 9.47 Å². The Morgan fingerprint density at radius 3 is 2.00 bits per heavy atom. The highest BCUT2D eigenvalue weighted by molar-refractivity contribution is 6.88. The molecule has 0 unspecified atom stereocenters. The molecule has 1 aliphatic rings. The van der Waals surface area contributed by atoms with Crippen molar-refractivity contribution in [1.82, 2.24) is 0 Å². The van der Waals surface area contributed by atoms with Crippen molar-refractivity contribution in [2.24, 2.45) is 0 Å². The molecule has 1 fully saturated rings. The van der Waals surface area contributed by atoms with Crippen LogP contribution in [0.4, 0.5) is 0 Å². The number of rotatable bonds is 2. The van der Waals surface area contributed by atoms with Gasteiger partial charge < -0.3 is 9.47 Å². The van der Waals surface area contributed by atoms with Crippen LogP contribution in [0, 0.1) is 0 Å². The molecule has 3 heteroatoms. The summed E-state index contributed by atoms with van der Waals surface area (Å²) in [7, 11) is -1.18.